The zero-order valence-electron chi connectivity index (χ0n) is 12.0. The van der Waals surface area contributed by atoms with E-state index in [0.29, 0.717) is 5.92 Å². The largest absolute Gasteiger partial charge is 0.370 e. The summed E-state index contributed by atoms with van der Waals surface area (Å²) in [6.07, 6.45) is 3.50. The normalized spacial score (nSPS) is 14.2. The number of rotatable bonds is 6. The molecule has 1 aromatic carbocycles. The smallest absolute Gasteiger partial charge is 0.135 e. The zero-order chi connectivity index (χ0) is 14.7. The zero-order valence-corrected chi connectivity index (χ0v) is 13.5. The van der Waals surface area contributed by atoms with Gasteiger partial charge in [0.25, 0.3) is 0 Å². The van der Waals surface area contributed by atoms with E-state index in [1.807, 2.05) is 24.3 Å². The van der Waals surface area contributed by atoms with Gasteiger partial charge in [-0.2, -0.15) is 0 Å². The minimum atomic E-state index is 0.548. The Kier molecular flexibility index (Phi) is 4.66. The molecule has 1 aromatic heterocycles. The molecule has 1 aliphatic carbocycles. The van der Waals surface area contributed by atoms with Gasteiger partial charge in [-0.05, 0) is 37.5 Å². The van der Waals surface area contributed by atoms with Crippen molar-refractivity contribution in [3.8, 4) is 0 Å². The predicted octanol–water partition coefficient (Wildman–Crippen LogP) is 4.98. The van der Waals surface area contributed by atoms with Crippen LogP contribution in [0.15, 0.2) is 40.3 Å². The Morgan fingerprint density at radius 3 is 2.86 bits per heavy atom. The molecular formula is C16H18ClN3S. The van der Waals surface area contributed by atoms with Crippen molar-refractivity contribution in [3.05, 3.63) is 41.2 Å². The van der Waals surface area contributed by atoms with Crippen LogP contribution < -0.4 is 5.32 Å². The van der Waals surface area contributed by atoms with Crippen molar-refractivity contribution >= 4 is 29.2 Å². The summed E-state index contributed by atoms with van der Waals surface area (Å²) in [5, 5.41) is 5.09. The third kappa shape index (κ3) is 4.11. The Bertz CT molecular complexity index is 629. The van der Waals surface area contributed by atoms with E-state index in [4.69, 9.17) is 16.6 Å². The number of halogens is 1. The Morgan fingerprint density at radius 1 is 1.29 bits per heavy atom. The van der Waals surface area contributed by atoms with Gasteiger partial charge >= 0.3 is 0 Å². The Morgan fingerprint density at radius 2 is 2.14 bits per heavy atom. The predicted molar refractivity (Wildman–Crippen MR) is 88.4 cm³/mol. The highest BCUT2D eigenvalue weighted by Crippen LogP contribution is 2.39. The summed E-state index contributed by atoms with van der Waals surface area (Å²) in [4.78, 5) is 10.4. The summed E-state index contributed by atoms with van der Waals surface area (Å²) in [5.74, 6) is 2.45. The molecule has 0 aliphatic heterocycles. The molecule has 0 atom stereocenters. The van der Waals surface area contributed by atoms with Crippen LogP contribution in [0.2, 0.25) is 5.02 Å². The number of nitrogens with one attached hydrogen (secondary N) is 1. The summed E-state index contributed by atoms with van der Waals surface area (Å²) in [5.41, 5.74) is 0. The van der Waals surface area contributed by atoms with Crippen LogP contribution in [0.3, 0.4) is 0 Å². The number of hydrogen-bond acceptors (Lipinski definition) is 4. The lowest BCUT2D eigenvalue weighted by molar-refractivity contribution is 0.868. The van der Waals surface area contributed by atoms with Gasteiger partial charge in [0.05, 0.1) is 0 Å². The standard InChI is InChI=1S/C16H18ClN3S/c1-2-8-18-14-10-15(20-16(19-14)11-6-7-11)21-13-5-3-4-12(17)9-13/h3-5,9-11H,2,6-8H2,1H3,(H,18,19,20). The lowest BCUT2D eigenvalue weighted by Gasteiger charge is -2.09. The van der Waals surface area contributed by atoms with Crippen LogP contribution in [0, 0.1) is 0 Å². The van der Waals surface area contributed by atoms with Crippen molar-refractivity contribution in [3.63, 3.8) is 0 Å². The van der Waals surface area contributed by atoms with Gasteiger partial charge in [0.1, 0.15) is 16.7 Å². The minimum absolute atomic E-state index is 0.548. The minimum Gasteiger partial charge on any atom is -0.370 e. The Hall–Kier alpha value is -1.26. The lowest BCUT2D eigenvalue weighted by atomic mass is 10.4. The average Bonchev–Trinajstić information content (AvgIpc) is 3.29. The van der Waals surface area contributed by atoms with Crippen LogP contribution in [0.5, 0.6) is 0 Å². The van der Waals surface area contributed by atoms with Gasteiger partial charge in [-0.1, -0.05) is 36.4 Å². The van der Waals surface area contributed by atoms with Gasteiger partial charge in [0.2, 0.25) is 0 Å². The SMILES string of the molecule is CCCNc1cc(Sc2cccc(Cl)c2)nc(C2CC2)n1. The van der Waals surface area contributed by atoms with Crippen molar-refractivity contribution in [2.24, 2.45) is 0 Å². The fraction of sp³-hybridized carbons (Fsp3) is 0.375. The lowest BCUT2D eigenvalue weighted by Crippen LogP contribution is -2.05. The van der Waals surface area contributed by atoms with Crippen molar-refractivity contribution < 1.29 is 0 Å². The number of nitrogens with zero attached hydrogens (tertiary/aromatic N) is 2. The van der Waals surface area contributed by atoms with E-state index in [1.54, 1.807) is 11.8 Å². The van der Waals surface area contributed by atoms with Crippen LogP contribution in [-0.2, 0) is 0 Å². The van der Waals surface area contributed by atoms with Gasteiger partial charge in [0, 0.05) is 28.4 Å². The van der Waals surface area contributed by atoms with E-state index in [9.17, 15) is 0 Å². The highest BCUT2D eigenvalue weighted by atomic mass is 35.5. The fourth-order valence-corrected chi connectivity index (χ4v) is 3.15. The van der Waals surface area contributed by atoms with Crippen LogP contribution in [0.4, 0.5) is 5.82 Å². The summed E-state index contributed by atoms with van der Waals surface area (Å²) in [6.45, 7) is 3.08. The van der Waals surface area contributed by atoms with Crippen LogP contribution in [-0.4, -0.2) is 16.5 Å². The van der Waals surface area contributed by atoms with Crippen molar-refractivity contribution in [2.45, 2.75) is 42.0 Å². The van der Waals surface area contributed by atoms with Crippen molar-refractivity contribution in [1.82, 2.24) is 9.97 Å². The fourth-order valence-electron chi connectivity index (χ4n) is 2.01. The first-order valence-electron chi connectivity index (χ1n) is 7.31. The number of aromatic nitrogens is 2. The molecule has 3 nitrogen and oxygen atoms in total. The van der Waals surface area contributed by atoms with Crippen molar-refractivity contribution in [2.75, 3.05) is 11.9 Å². The van der Waals surface area contributed by atoms with E-state index in [0.717, 1.165) is 39.6 Å². The topological polar surface area (TPSA) is 37.8 Å². The molecule has 0 saturated heterocycles. The molecule has 110 valence electrons. The van der Waals surface area contributed by atoms with E-state index in [-0.39, 0.29) is 0 Å². The van der Waals surface area contributed by atoms with Gasteiger partial charge in [-0.3, -0.25) is 0 Å². The molecule has 1 saturated carbocycles. The maximum atomic E-state index is 6.04. The quantitative estimate of drug-likeness (QED) is 0.762. The molecular weight excluding hydrogens is 302 g/mol. The highest BCUT2D eigenvalue weighted by Gasteiger charge is 2.27. The Balaban J connectivity index is 1.84. The maximum Gasteiger partial charge on any atom is 0.135 e. The molecule has 21 heavy (non-hydrogen) atoms. The second kappa shape index (κ2) is 6.67. The molecule has 2 aromatic rings. The molecule has 0 radical (unpaired) electrons. The molecule has 0 spiro atoms. The third-order valence-electron chi connectivity index (χ3n) is 3.24. The molecule has 0 unspecified atom stereocenters. The number of benzene rings is 1. The molecule has 3 rings (SSSR count). The molecule has 1 N–H and O–H groups in total. The van der Waals surface area contributed by atoms with E-state index >= 15 is 0 Å². The van der Waals surface area contributed by atoms with Crippen LogP contribution in [0.25, 0.3) is 0 Å². The monoisotopic (exact) mass is 319 g/mol. The highest BCUT2D eigenvalue weighted by molar-refractivity contribution is 7.99. The first-order chi connectivity index (χ1) is 10.2. The summed E-state index contributed by atoms with van der Waals surface area (Å²) >= 11 is 7.68. The Labute approximate surface area is 134 Å². The van der Waals surface area contributed by atoms with Gasteiger partial charge in [0.15, 0.2) is 0 Å². The average molecular weight is 320 g/mol. The van der Waals surface area contributed by atoms with Crippen LogP contribution >= 0.6 is 23.4 Å². The maximum absolute atomic E-state index is 6.04. The van der Waals surface area contributed by atoms with E-state index < -0.39 is 0 Å². The van der Waals surface area contributed by atoms with E-state index in [1.165, 1.54) is 12.8 Å². The summed E-state index contributed by atoms with van der Waals surface area (Å²) < 4.78 is 0. The van der Waals surface area contributed by atoms with Gasteiger partial charge in [-0.25, -0.2) is 9.97 Å². The third-order valence-corrected chi connectivity index (χ3v) is 4.38. The number of anilines is 1. The van der Waals surface area contributed by atoms with E-state index in [2.05, 4.69) is 23.3 Å². The van der Waals surface area contributed by atoms with Gasteiger partial charge < -0.3 is 5.32 Å². The summed E-state index contributed by atoms with van der Waals surface area (Å²) in [6, 6.07) is 9.88. The number of hydrogen-bond donors (Lipinski definition) is 1. The second-order valence-electron chi connectivity index (χ2n) is 5.21. The first-order valence-corrected chi connectivity index (χ1v) is 8.50. The molecule has 0 amide bonds. The molecule has 1 fully saturated rings. The van der Waals surface area contributed by atoms with Crippen LogP contribution in [0.1, 0.15) is 37.9 Å². The summed E-state index contributed by atoms with van der Waals surface area (Å²) in [7, 11) is 0. The molecule has 0 bridgehead atoms. The molecule has 1 heterocycles. The van der Waals surface area contributed by atoms with Gasteiger partial charge in [-0.15, -0.1) is 0 Å². The van der Waals surface area contributed by atoms with Crippen molar-refractivity contribution in [1.29, 1.82) is 0 Å². The second-order valence-corrected chi connectivity index (χ2v) is 6.74. The molecule has 5 heteroatoms. The molecule has 1 aliphatic rings. The first kappa shape index (κ1) is 14.7.